The summed E-state index contributed by atoms with van der Waals surface area (Å²) in [6, 6.07) is 16.0. The highest BCUT2D eigenvalue weighted by atomic mass is 16.2. The van der Waals surface area contributed by atoms with Crippen LogP contribution < -0.4 is 16.7 Å². The number of anilines is 1. The molecule has 0 saturated heterocycles. The van der Waals surface area contributed by atoms with Crippen LogP contribution in [0.2, 0.25) is 0 Å². The van der Waals surface area contributed by atoms with Crippen molar-refractivity contribution in [2.24, 2.45) is 19.2 Å². The number of benzene rings is 2. The second-order valence-corrected chi connectivity index (χ2v) is 7.67. The fourth-order valence-corrected chi connectivity index (χ4v) is 3.38. The lowest BCUT2D eigenvalue weighted by Crippen LogP contribution is -2.37. The van der Waals surface area contributed by atoms with Crippen molar-refractivity contribution in [1.29, 1.82) is 0 Å². The van der Waals surface area contributed by atoms with Gasteiger partial charge in [0.1, 0.15) is 0 Å². The summed E-state index contributed by atoms with van der Waals surface area (Å²) in [4.78, 5) is 29.8. The zero-order chi connectivity index (χ0) is 22.1. The summed E-state index contributed by atoms with van der Waals surface area (Å²) in [6.07, 6.45) is 1.69. The minimum atomic E-state index is -0.424. The highest BCUT2D eigenvalue weighted by molar-refractivity contribution is 5.80. The molecular weight excluding hydrogens is 392 g/mol. The lowest BCUT2D eigenvalue weighted by molar-refractivity contribution is 0.702. The molecule has 4 aromatic rings. The van der Waals surface area contributed by atoms with Crippen molar-refractivity contribution in [3.63, 3.8) is 0 Å². The van der Waals surface area contributed by atoms with Crippen molar-refractivity contribution in [1.82, 2.24) is 18.7 Å². The second kappa shape index (κ2) is 8.06. The maximum absolute atomic E-state index is 12.9. The van der Waals surface area contributed by atoms with Crippen LogP contribution in [0.15, 0.2) is 63.2 Å². The molecule has 0 aliphatic rings. The Morgan fingerprint density at radius 1 is 0.935 bits per heavy atom. The van der Waals surface area contributed by atoms with Crippen LogP contribution in [0.1, 0.15) is 22.3 Å². The third-order valence-electron chi connectivity index (χ3n) is 5.26. The first-order valence-corrected chi connectivity index (χ1v) is 9.92. The first-order valence-electron chi connectivity index (χ1n) is 9.92. The molecule has 158 valence electrons. The van der Waals surface area contributed by atoms with Gasteiger partial charge in [-0.15, -0.1) is 0 Å². The molecule has 8 heteroatoms. The van der Waals surface area contributed by atoms with Crippen LogP contribution in [-0.4, -0.2) is 24.9 Å². The van der Waals surface area contributed by atoms with Crippen LogP contribution in [0.3, 0.4) is 0 Å². The number of aryl methyl sites for hydroxylation is 3. The molecule has 31 heavy (non-hydrogen) atoms. The van der Waals surface area contributed by atoms with E-state index >= 15 is 0 Å². The Balaban J connectivity index is 1.80. The van der Waals surface area contributed by atoms with Crippen molar-refractivity contribution in [3.8, 4) is 0 Å². The van der Waals surface area contributed by atoms with Crippen LogP contribution in [0.5, 0.6) is 0 Å². The highest BCUT2D eigenvalue weighted by Crippen LogP contribution is 2.18. The van der Waals surface area contributed by atoms with E-state index in [0.717, 1.165) is 21.3 Å². The predicted molar refractivity (Wildman–Crippen MR) is 123 cm³/mol. The van der Waals surface area contributed by atoms with Crippen molar-refractivity contribution in [2.75, 3.05) is 5.43 Å². The third-order valence-corrected chi connectivity index (χ3v) is 5.26. The van der Waals surface area contributed by atoms with Gasteiger partial charge in [-0.3, -0.25) is 18.5 Å². The van der Waals surface area contributed by atoms with Gasteiger partial charge in [-0.25, -0.2) is 10.2 Å². The molecule has 2 aromatic heterocycles. The minimum absolute atomic E-state index is 0.313. The zero-order valence-corrected chi connectivity index (χ0v) is 18.0. The lowest BCUT2D eigenvalue weighted by Gasteiger charge is -2.09. The second-order valence-electron chi connectivity index (χ2n) is 7.67. The van der Waals surface area contributed by atoms with Crippen molar-refractivity contribution < 1.29 is 0 Å². The standard InChI is InChI=1S/C23H24N6O2/c1-15-5-9-17(10-6-15)13-24-26-22-25-20-19(21(30)28(4)23(31)27(20)3)29(22)14-18-11-7-16(2)8-12-18/h5-13H,14H2,1-4H3,(H,25,26)/b24-13+. The Bertz CT molecular complexity index is 1390. The number of hydrogen-bond donors (Lipinski definition) is 1. The van der Waals surface area contributed by atoms with Gasteiger partial charge in [-0.1, -0.05) is 59.7 Å². The smallest absolute Gasteiger partial charge is 0.298 e. The van der Waals surface area contributed by atoms with Crippen LogP contribution in [0, 0.1) is 13.8 Å². The van der Waals surface area contributed by atoms with E-state index in [1.165, 1.54) is 17.2 Å². The summed E-state index contributed by atoms with van der Waals surface area (Å²) in [5.41, 5.74) is 7.05. The minimum Gasteiger partial charge on any atom is -0.298 e. The van der Waals surface area contributed by atoms with Gasteiger partial charge in [-0.2, -0.15) is 10.1 Å². The Morgan fingerprint density at radius 2 is 1.55 bits per heavy atom. The van der Waals surface area contributed by atoms with E-state index in [2.05, 4.69) is 15.5 Å². The fraction of sp³-hybridized carbons (Fsp3) is 0.217. The highest BCUT2D eigenvalue weighted by Gasteiger charge is 2.19. The van der Waals surface area contributed by atoms with Gasteiger partial charge in [0.05, 0.1) is 12.8 Å². The number of aromatic nitrogens is 4. The monoisotopic (exact) mass is 416 g/mol. The van der Waals surface area contributed by atoms with E-state index in [1.54, 1.807) is 17.8 Å². The summed E-state index contributed by atoms with van der Waals surface area (Å²) < 4.78 is 4.22. The fourth-order valence-electron chi connectivity index (χ4n) is 3.38. The maximum Gasteiger partial charge on any atom is 0.332 e. The molecule has 0 bridgehead atoms. The van der Waals surface area contributed by atoms with Crippen LogP contribution in [0.4, 0.5) is 5.95 Å². The molecule has 0 amide bonds. The van der Waals surface area contributed by atoms with E-state index in [4.69, 9.17) is 0 Å². The molecule has 0 aliphatic heterocycles. The molecule has 1 N–H and O–H groups in total. The van der Waals surface area contributed by atoms with Crippen LogP contribution in [-0.2, 0) is 20.6 Å². The number of fused-ring (bicyclic) bond motifs is 1. The topological polar surface area (TPSA) is 86.2 Å². The van der Waals surface area contributed by atoms with E-state index in [1.807, 2.05) is 62.4 Å². The van der Waals surface area contributed by atoms with Gasteiger partial charge in [0.25, 0.3) is 5.56 Å². The molecule has 4 rings (SSSR count). The number of hydrogen-bond acceptors (Lipinski definition) is 5. The molecule has 0 atom stereocenters. The third kappa shape index (κ3) is 3.92. The average molecular weight is 416 g/mol. The molecule has 0 radical (unpaired) electrons. The van der Waals surface area contributed by atoms with Crippen molar-refractivity contribution >= 4 is 23.3 Å². The molecule has 0 spiro atoms. The van der Waals surface area contributed by atoms with Gasteiger partial charge in [0, 0.05) is 14.1 Å². The molecular formula is C23H24N6O2. The molecule has 0 saturated carbocycles. The van der Waals surface area contributed by atoms with Gasteiger partial charge in [0.15, 0.2) is 11.2 Å². The Hall–Kier alpha value is -3.94. The first kappa shape index (κ1) is 20.3. The quantitative estimate of drug-likeness (QED) is 0.400. The number of rotatable bonds is 5. The van der Waals surface area contributed by atoms with Crippen molar-refractivity contribution in [2.45, 2.75) is 20.4 Å². The van der Waals surface area contributed by atoms with Gasteiger partial charge in [-0.05, 0) is 25.0 Å². The molecule has 2 heterocycles. The number of imidazole rings is 1. The molecule has 0 aliphatic carbocycles. The van der Waals surface area contributed by atoms with Gasteiger partial charge in [0.2, 0.25) is 5.95 Å². The van der Waals surface area contributed by atoms with E-state index < -0.39 is 11.2 Å². The Labute approximate surface area is 179 Å². The number of nitrogens with zero attached hydrogens (tertiary/aromatic N) is 5. The van der Waals surface area contributed by atoms with E-state index in [9.17, 15) is 9.59 Å². The zero-order valence-electron chi connectivity index (χ0n) is 18.0. The van der Waals surface area contributed by atoms with Crippen molar-refractivity contribution in [3.05, 3.63) is 91.6 Å². The summed E-state index contributed by atoms with van der Waals surface area (Å²) in [7, 11) is 3.07. The Kier molecular flexibility index (Phi) is 5.29. The maximum atomic E-state index is 12.9. The van der Waals surface area contributed by atoms with Crippen LogP contribution >= 0.6 is 0 Å². The first-order chi connectivity index (χ1) is 14.8. The van der Waals surface area contributed by atoms with Crippen LogP contribution in [0.25, 0.3) is 11.2 Å². The largest absolute Gasteiger partial charge is 0.332 e. The molecule has 0 fully saturated rings. The van der Waals surface area contributed by atoms with E-state index in [-0.39, 0.29) is 0 Å². The SMILES string of the molecule is Cc1ccc(/C=N/Nc2nc3c(c(=O)n(C)c(=O)n3C)n2Cc2ccc(C)cc2)cc1. The summed E-state index contributed by atoms with van der Waals surface area (Å²) in [6.45, 7) is 4.46. The average Bonchev–Trinajstić information content (AvgIpc) is 3.12. The van der Waals surface area contributed by atoms with E-state index in [0.29, 0.717) is 23.7 Å². The summed E-state index contributed by atoms with van der Waals surface area (Å²) >= 11 is 0. The summed E-state index contributed by atoms with van der Waals surface area (Å²) in [5.74, 6) is 0.386. The van der Waals surface area contributed by atoms with Gasteiger partial charge >= 0.3 is 5.69 Å². The number of hydrazone groups is 1. The normalized spacial score (nSPS) is 11.5. The molecule has 2 aromatic carbocycles. The predicted octanol–water partition coefficient (Wildman–Crippen LogP) is 2.54. The summed E-state index contributed by atoms with van der Waals surface area (Å²) in [5, 5.41) is 4.30. The van der Waals surface area contributed by atoms with Gasteiger partial charge < -0.3 is 0 Å². The number of nitrogens with one attached hydrogen (secondary N) is 1. The molecule has 8 nitrogen and oxygen atoms in total. The Morgan fingerprint density at radius 3 is 2.19 bits per heavy atom. The molecule has 0 unspecified atom stereocenters. The lowest BCUT2D eigenvalue weighted by atomic mass is 10.1.